The molecular formula is C15H21N3O. The Morgan fingerprint density at radius 2 is 1.95 bits per heavy atom. The highest BCUT2D eigenvalue weighted by atomic mass is 16.3. The van der Waals surface area contributed by atoms with Crippen LogP contribution in [0.25, 0.3) is 0 Å². The van der Waals surface area contributed by atoms with Crippen LogP contribution in [0.3, 0.4) is 0 Å². The number of hydrogen-bond acceptors (Lipinski definition) is 3. The van der Waals surface area contributed by atoms with Crippen LogP contribution in [-0.2, 0) is 7.05 Å². The van der Waals surface area contributed by atoms with Gasteiger partial charge in [-0.15, -0.1) is 5.10 Å². The van der Waals surface area contributed by atoms with Crippen molar-refractivity contribution in [1.29, 1.82) is 0 Å². The predicted octanol–water partition coefficient (Wildman–Crippen LogP) is 2.68. The van der Waals surface area contributed by atoms with Crippen LogP contribution in [0.2, 0.25) is 0 Å². The van der Waals surface area contributed by atoms with Gasteiger partial charge in [0.05, 0.1) is 11.9 Å². The average molecular weight is 259 g/mol. The largest absolute Gasteiger partial charge is 0.386 e. The molecule has 0 amide bonds. The van der Waals surface area contributed by atoms with Gasteiger partial charge in [-0.25, -0.2) is 4.68 Å². The molecule has 0 spiro atoms. The summed E-state index contributed by atoms with van der Waals surface area (Å²) in [5.41, 5.74) is 1.92. The number of rotatable bonds is 5. The highest BCUT2D eigenvalue weighted by Crippen LogP contribution is 2.37. The van der Waals surface area contributed by atoms with Crippen LogP contribution in [-0.4, -0.2) is 20.1 Å². The molecule has 0 aliphatic carbocycles. The molecule has 0 radical (unpaired) electrons. The van der Waals surface area contributed by atoms with Crippen molar-refractivity contribution in [3.05, 3.63) is 47.8 Å². The van der Waals surface area contributed by atoms with Gasteiger partial charge < -0.3 is 5.11 Å². The van der Waals surface area contributed by atoms with E-state index in [1.807, 2.05) is 25.2 Å². The SMILES string of the molecule is CCC(C)C(c1ccccc1)C(O)c1cnnn1C. The molecule has 102 valence electrons. The van der Waals surface area contributed by atoms with E-state index in [2.05, 4.69) is 36.3 Å². The Bertz CT molecular complexity index is 509. The second kappa shape index (κ2) is 5.97. The molecule has 1 N–H and O–H groups in total. The Kier molecular flexibility index (Phi) is 4.32. The van der Waals surface area contributed by atoms with Gasteiger partial charge in [-0.1, -0.05) is 55.8 Å². The first kappa shape index (κ1) is 13.7. The number of aromatic nitrogens is 3. The summed E-state index contributed by atoms with van der Waals surface area (Å²) in [7, 11) is 1.81. The van der Waals surface area contributed by atoms with Gasteiger partial charge >= 0.3 is 0 Å². The molecule has 2 rings (SSSR count). The van der Waals surface area contributed by atoms with Crippen molar-refractivity contribution in [3.8, 4) is 0 Å². The van der Waals surface area contributed by atoms with E-state index < -0.39 is 6.10 Å². The number of nitrogens with zero attached hydrogens (tertiary/aromatic N) is 3. The molecule has 1 heterocycles. The van der Waals surface area contributed by atoms with Crippen LogP contribution in [0, 0.1) is 5.92 Å². The minimum Gasteiger partial charge on any atom is -0.386 e. The first-order chi connectivity index (χ1) is 9.15. The maximum absolute atomic E-state index is 10.7. The smallest absolute Gasteiger partial charge is 0.104 e. The van der Waals surface area contributed by atoms with Crippen molar-refractivity contribution >= 4 is 0 Å². The van der Waals surface area contributed by atoms with Crippen molar-refractivity contribution < 1.29 is 5.11 Å². The van der Waals surface area contributed by atoms with Crippen molar-refractivity contribution in [3.63, 3.8) is 0 Å². The Balaban J connectivity index is 2.36. The third-order valence-electron chi connectivity index (χ3n) is 3.83. The van der Waals surface area contributed by atoms with Crippen molar-refractivity contribution in [2.75, 3.05) is 0 Å². The summed E-state index contributed by atoms with van der Waals surface area (Å²) in [5.74, 6) is 0.440. The fourth-order valence-electron chi connectivity index (χ4n) is 2.50. The second-order valence-corrected chi connectivity index (χ2v) is 5.05. The van der Waals surface area contributed by atoms with Crippen molar-refractivity contribution in [2.45, 2.75) is 32.3 Å². The molecule has 0 saturated carbocycles. The first-order valence-corrected chi connectivity index (χ1v) is 6.72. The average Bonchev–Trinajstić information content (AvgIpc) is 2.86. The molecule has 19 heavy (non-hydrogen) atoms. The van der Waals surface area contributed by atoms with Gasteiger partial charge in [0.15, 0.2) is 0 Å². The van der Waals surface area contributed by atoms with Gasteiger partial charge in [0.2, 0.25) is 0 Å². The summed E-state index contributed by atoms with van der Waals surface area (Å²) >= 11 is 0. The molecule has 1 aromatic heterocycles. The van der Waals surface area contributed by atoms with Gasteiger partial charge in [-0.05, 0) is 11.5 Å². The molecule has 2 aromatic rings. The van der Waals surface area contributed by atoms with Gasteiger partial charge in [-0.2, -0.15) is 0 Å². The molecule has 0 fully saturated rings. The number of aryl methyl sites for hydroxylation is 1. The van der Waals surface area contributed by atoms with E-state index >= 15 is 0 Å². The molecule has 4 nitrogen and oxygen atoms in total. The minimum atomic E-state index is -0.586. The Morgan fingerprint density at radius 1 is 1.26 bits per heavy atom. The van der Waals surface area contributed by atoms with E-state index in [0.29, 0.717) is 5.92 Å². The first-order valence-electron chi connectivity index (χ1n) is 6.72. The highest BCUT2D eigenvalue weighted by Gasteiger charge is 2.29. The molecular weight excluding hydrogens is 238 g/mol. The molecule has 0 saturated heterocycles. The molecule has 3 unspecified atom stereocenters. The van der Waals surface area contributed by atoms with Crippen LogP contribution < -0.4 is 0 Å². The lowest BCUT2D eigenvalue weighted by atomic mass is 9.80. The molecule has 0 bridgehead atoms. The zero-order valence-electron chi connectivity index (χ0n) is 11.7. The van der Waals surface area contributed by atoms with Crippen molar-refractivity contribution in [2.24, 2.45) is 13.0 Å². The van der Waals surface area contributed by atoms with Crippen LogP contribution in [0.1, 0.15) is 43.5 Å². The van der Waals surface area contributed by atoms with E-state index in [1.165, 1.54) is 0 Å². The summed E-state index contributed by atoms with van der Waals surface area (Å²) in [6, 6.07) is 10.2. The summed E-state index contributed by atoms with van der Waals surface area (Å²) in [6.07, 6.45) is 2.07. The Morgan fingerprint density at radius 3 is 2.47 bits per heavy atom. The summed E-state index contributed by atoms with van der Waals surface area (Å²) in [6.45, 7) is 4.32. The molecule has 1 aromatic carbocycles. The predicted molar refractivity (Wildman–Crippen MR) is 74.6 cm³/mol. The third kappa shape index (κ3) is 2.84. The molecule has 4 heteroatoms. The van der Waals surface area contributed by atoms with Gasteiger partial charge in [-0.3, -0.25) is 0 Å². The summed E-state index contributed by atoms with van der Waals surface area (Å²) in [5, 5.41) is 18.5. The van der Waals surface area contributed by atoms with Crippen LogP contribution in [0.4, 0.5) is 0 Å². The second-order valence-electron chi connectivity index (χ2n) is 5.05. The van der Waals surface area contributed by atoms with Gasteiger partial charge in [0, 0.05) is 13.0 Å². The summed E-state index contributed by atoms with van der Waals surface area (Å²) < 4.78 is 1.64. The standard InChI is InChI=1S/C15H21N3O/c1-4-11(2)14(12-8-6-5-7-9-12)15(19)13-10-16-17-18(13)3/h5-11,14-15,19H,4H2,1-3H3. The number of benzene rings is 1. The zero-order chi connectivity index (χ0) is 13.8. The molecule has 0 aliphatic heterocycles. The lowest BCUT2D eigenvalue weighted by molar-refractivity contribution is 0.110. The third-order valence-corrected chi connectivity index (χ3v) is 3.83. The fraction of sp³-hybridized carbons (Fsp3) is 0.467. The van der Waals surface area contributed by atoms with Crippen LogP contribution >= 0.6 is 0 Å². The van der Waals surface area contributed by atoms with Crippen LogP contribution in [0.15, 0.2) is 36.5 Å². The Labute approximate surface area is 114 Å². The van der Waals surface area contributed by atoms with Gasteiger partial charge in [0.1, 0.15) is 6.10 Å². The van der Waals surface area contributed by atoms with E-state index in [-0.39, 0.29) is 5.92 Å². The zero-order valence-corrected chi connectivity index (χ0v) is 11.7. The van der Waals surface area contributed by atoms with Crippen molar-refractivity contribution in [1.82, 2.24) is 15.0 Å². The van der Waals surface area contributed by atoms with E-state index in [9.17, 15) is 5.11 Å². The quantitative estimate of drug-likeness (QED) is 0.898. The topological polar surface area (TPSA) is 50.9 Å². The van der Waals surface area contributed by atoms with Gasteiger partial charge in [0.25, 0.3) is 0 Å². The molecule has 0 aliphatic rings. The van der Waals surface area contributed by atoms with E-state index in [0.717, 1.165) is 17.7 Å². The maximum atomic E-state index is 10.7. The maximum Gasteiger partial charge on any atom is 0.104 e. The number of hydrogen-bond donors (Lipinski definition) is 1. The number of aliphatic hydroxyl groups excluding tert-OH is 1. The highest BCUT2D eigenvalue weighted by molar-refractivity contribution is 5.23. The Hall–Kier alpha value is -1.68. The number of aliphatic hydroxyl groups is 1. The summed E-state index contributed by atoms with van der Waals surface area (Å²) in [4.78, 5) is 0. The fourth-order valence-corrected chi connectivity index (χ4v) is 2.50. The minimum absolute atomic E-state index is 0.0587. The normalized spacial score (nSPS) is 16.0. The molecule has 3 atom stereocenters. The van der Waals surface area contributed by atoms with Crippen LogP contribution in [0.5, 0.6) is 0 Å². The monoisotopic (exact) mass is 259 g/mol. The lowest BCUT2D eigenvalue weighted by Gasteiger charge is -2.28. The van der Waals surface area contributed by atoms with E-state index in [1.54, 1.807) is 10.9 Å². The van der Waals surface area contributed by atoms with E-state index in [4.69, 9.17) is 0 Å². The lowest BCUT2D eigenvalue weighted by Crippen LogP contribution is -2.20.